The van der Waals surface area contributed by atoms with Crippen LogP contribution in [0.3, 0.4) is 0 Å². The van der Waals surface area contributed by atoms with E-state index in [0.29, 0.717) is 54.8 Å². The predicted molar refractivity (Wildman–Crippen MR) is 120 cm³/mol. The van der Waals surface area contributed by atoms with Gasteiger partial charge >= 0.3 is 0 Å². The van der Waals surface area contributed by atoms with Gasteiger partial charge in [0.1, 0.15) is 5.78 Å². The number of Topliss-reactive ketones (excluding diaryl/α,β-unsaturated/α-hetero) is 1. The molecule has 1 spiro atoms. The molecule has 0 aromatic carbocycles. The van der Waals surface area contributed by atoms with E-state index in [-0.39, 0.29) is 41.5 Å². The molecule has 0 radical (unpaired) electrons. The Kier molecular flexibility index (Phi) is 4.99. The molecular formula is C27H42O5. The number of hydrogen-bond acceptors (Lipinski definition) is 5. The SMILES string of the molecule is C[C@H]1[C@H]2[C@H](C[C@H]3[C@@H]4CC(=O)[C@@H]5C[C@@H](O)CC[C@]5(C)[C@@H]4CC[C@]23C)O[C@]12CC[C@H](CO)CO2. The minimum atomic E-state index is -0.467. The van der Waals surface area contributed by atoms with Gasteiger partial charge in [0, 0.05) is 37.2 Å². The Morgan fingerprint density at radius 1 is 1.03 bits per heavy atom. The molecule has 5 nitrogen and oxygen atoms in total. The molecular weight excluding hydrogens is 404 g/mol. The van der Waals surface area contributed by atoms with Crippen LogP contribution < -0.4 is 0 Å². The van der Waals surface area contributed by atoms with Gasteiger partial charge in [0.25, 0.3) is 0 Å². The van der Waals surface area contributed by atoms with Gasteiger partial charge in [-0.15, -0.1) is 0 Å². The molecule has 4 aliphatic carbocycles. The Balaban J connectivity index is 1.26. The summed E-state index contributed by atoms with van der Waals surface area (Å²) >= 11 is 0. The second-order valence-corrected chi connectivity index (χ2v) is 13.0. The molecule has 2 aliphatic heterocycles. The van der Waals surface area contributed by atoms with Crippen molar-refractivity contribution in [2.75, 3.05) is 13.2 Å². The van der Waals surface area contributed by atoms with Crippen LogP contribution in [0.25, 0.3) is 0 Å². The van der Waals surface area contributed by atoms with Crippen LogP contribution in [0.15, 0.2) is 0 Å². The maximum atomic E-state index is 13.4. The van der Waals surface area contributed by atoms with Crippen molar-refractivity contribution < 1.29 is 24.5 Å². The van der Waals surface area contributed by atoms with Gasteiger partial charge in [0.05, 0.1) is 18.8 Å². The van der Waals surface area contributed by atoms with E-state index < -0.39 is 5.79 Å². The topological polar surface area (TPSA) is 76.0 Å². The van der Waals surface area contributed by atoms with Crippen LogP contribution in [0, 0.1) is 52.3 Å². The first-order valence-corrected chi connectivity index (χ1v) is 13.4. The highest BCUT2D eigenvalue weighted by molar-refractivity contribution is 5.83. The predicted octanol–water partition coefficient (Wildman–Crippen LogP) is 3.95. The van der Waals surface area contributed by atoms with E-state index >= 15 is 0 Å². The smallest absolute Gasteiger partial charge is 0.171 e. The van der Waals surface area contributed by atoms with Crippen molar-refractivity contribution in [1.29, 1.82) is 0 Å². The van der Waals surface area contributed by atoms with Crippen LogP contribution in [0.1, 0.15) is 78.6 Å². The molecule has 0 aromatic heterocycles. The second kappa shape index (κ2) is 7.26. The van der Waals surface area contributed by atoms with Crippen molar-refractivity contribution >= 4 is 5.78 Å². The number of aliphatic hydroxyl groups is 2. The number of fused-ring (bicyclic) bond motifs is 7. The number of hydrogen-bond donors (Lipinski definition) is 2. The number of ketones is 1. The van der Waals surface area contributed by atoms with E-state index in [2.05, 4.69) is 20.8 Å². The first-order chi connectivity index (χ1) is 15.2. The van der Waals surface area contributed by atoms with Crippen LogP contribution in [0.4, 0.5) is 0 Å². The molecule has 0 aromatic rings. The maximum Gasteiger partial charge on any atom is 0.171 e. The summed E-state index contributed by atoms with van der Waals surface area (Å²) in [6, 6.07) is 0. The molecule has 12 atom stereocenters. The molecule has 2 saturated heterocycles. The average molecular weight is 447 g/mol. The monoisotopic (exact) mass is 446 g/mol. The fourth-order valence-corrected chi connectivity index (χ4v) is 10.1. The summed E-state index contributed by atoms with van der Waals surface area (Å²) in [6.07, 6.45) is 8.56. The third kappa shape index (κ3) is 2.80. The summed E-state index contributed by atoms with van der Waals surface area (Å²) in [5.74, 6) is 2.74. The molecule has 4 saturated carbocycles. The van der Waals surface area contributed by atoms with Crippen LogP contribution >= 0.6 is 0 Å². The van der Waals surface area contributed by atoms with Gasteiger partial charge in [-0.05, 0) is 79.4 Å². The van der Waals surface area contributed by atoms with Crippen LogP contribution in [0.2, 0.25) is 0 Å². The molecule has 6 aliphatic rings. The van der Waals surface area contributed by atoms with E-state index in [9.17, 15) is 15.0 Å². The van der Waals surface area contributed by atoms with Crippen molar-refractivity contribution in [1.82, 2.24) is 0 Å². The van der Waals surface area contributed by atoms with Gasteiger partial charge in [-0.25, -0.2) is 0 Å². The first kappa shape index (κ1) is 22.0. The standard InChI is InChI=1S/C27H42O5/c1-15-24-23(32-27(15)9-4-16(13-28)14-31-27)12-20-18-11-22(30)21-10-17(29)5-7-25(21,2)19(18)6-8-26(20,24)3/h15-21,23-24,28-29H,4-14H2,1-3H3/t15-,16+,17-,18+,19+,20-,21-,23-,24-,25+,26-,27+/m0/s1. The highest BCUT2D eigenvalue weighted by Gasteiger charge is 2.69. The molecule has 6 rings (SSSR count). The number of carbonyl (C=O) groups excluding carboxylic acids is 1. The lowest BCUT2D eigenvalue weighted by Gasteiger charge is -2.60. The summed E-state index contributed by atoms with van der Waals surface area (Å²) in [5, 5.41) is 19.8. The number of rotatable bonds is 1. The van der Waals surface area contributed by atoms with Crippen molar-refractivity contribution in [3.63, 3.8) is 0 Å². The highest BCUT2D eigenvalue weighted by Crippen LogP contribution is 2.71. The lowest BCUT2D eigenvalue weighted by atomic mass is 9.44. The fourth-order valence-electron chi connectivity index (χ4n) is 10.1. The molecule has 0 bridgehead atoms. The van der Waals surface area contributed by atoms with Gasteiger partial charge in [0.2, 0.25) is 0 Å². The molecule has 180 valence electrons. The van der Waals surface area contributed by atoms with Gasteiger partial charge in [0.15, 0.2) is 5.79 Å². The van der Waals surface area contributed by atoms with E-state index in [0.717, 1.165) is 32.1 Å². The van der Waals surface area contributed by atoms with Crippen LogP contribution in [-0.4, -0.2) is 47.2 Å². The van der Waals surface area contributed by atoms with Crippen LogP contribution in [0.5, 0.6) is 0 Å². The van der Waals surface area contributed by atoms with Crippen molar-refractivity contribution in [3.8, 4) is 0 Å². The van der Waals surface area contributed by atoms with Gasteiger partial charge in [-0.1, -0.05) is 20.8 Å². The normalized spacial score (nSPS) is 59.4. The molecule has 5 heteroatoms. The Bertz CT molecular complexity index is 774. The number of carbonyl (C=O) groups is 1. The maximum absolute atomic E-state index is 13.4. The highest BCUT2D eigenvalue weighted by atomic mass is 16.7. The van der Waals surface area contributed by atoms with E-state index in [4.69, 9.17) is 9.47 Å². The molecule has 0 unspecified atom stereocenters. The van der Waals surface area contributed by atoms with Crippen molar-refractivity contribution in [3.05, 3.63) is 0 Å². The molecule has 0 amide bonds. The minimum Gasteiger partial charge on any atom is -0.396 e. The molecule has 32 heavy (non-hydrogen) atoms. The van der Waals surface area contributed by atoms with E-state index in [1.807, 2.05) is 0 Å². The van der Waals surface area contributed by atoms with Gasteiger partial charge < -0.3 is 19.7 Å². The quantitative estimate of drug-likeness (QED) is 0.638. The Hall–Kier alpha value is -0.490. The average Bonchev–Trinajstić information content (AvgIpc) is 3.21. The Morgan fingerprint density at radius 2 is 1.81 bits per heavy atom. The zero-order chi connectivity index (χ0) is 22.5. The lowest BCUT2D eigenvalue weighted by Crippen LogP contribution is -2.57. The minimum absolute atomic E-state index is 0.0614. The summed E-state index contributed by atoms with van der Waals surface area (Å²) in [7, 11) is 0. The summed E-state index contributed by atoms with van der Waals surface area (Å²) in [6.45, 7) is 8.02. The first-order valence-electron chi connectivity index (χ1n) is 13.4. The van der Waals surface area contributed by atoms with E-state index in [1.54, 1.807) is 0 Å². The van der Waals surface area contributed by atoms with Crippen molar-refractivity contribution in [2.24, 2.45) is 52.3 Å². The summed E-state index contributed by atoms with van der Waals surface area (Å²) < 4.78 is 13.2. The third-order valence-electron chi connectivity index (χ3n) is 11.8. The van der Waals surface area contributed by atoms with Gasteiger partial charge in [-0.2, -0.15) is 0 Å². The number of ether oxygens (including phenoxy) is 2. The van der Waals surface area contributed by atoms with Crippen molar-refractivity contribution in [2.45, 2.75) is 96.6 Å². The number of aliphatic hydroxyl groups excluding tert-OH is 2. The Morgan fingerprint density at radius 3 is 2.53 bits per heavy atom. The molecule has 6 fully saturated rings. The van der Waals surface area contributed by atoms with Crippen LogP contribution in [-0.2, 0) is 14.3 Å². The molecule has 2 N–H and O–H groups in total. The summed E-state index contributed by atoms with van der Waals surface area (Å²) in [4.78, 5) is 13.4. The zero-order valence-electron chi connectivity index (χ0n) is 20.1. The lowest BCUT2D eigenvalue weighted by molar-refractivity contribution is -0.275. The Labute approximate surface area is 192 Å². The third-order valence-corrected chi connectivity index (χ3v) is 11.8. The fraction of sp³-hybridized carbons (Fsp3) is 0.963. The largest absolute Gasteiger partial charge is 0.396 e. The molecule has 2 heterocycles. The van der Waals surface area contributed by atoms with Gasteiger partial charge in [-0.3, -0.25) is 4.79 Å². The second-order valence-electron chi connectivity index (χ2n) is 13.0. The zero-order valence-corrected chi connectivity index (χ0v) is 20.1. The van der Waals surface area contributed by atoms with E-state index in [1.165, 1.54) is 12.8 Å². The summed E-state index contributed by atoms with van der Waals surface area (Å²) in [5.41, 5.74) is 0.279.